The molecular formula is C17H21BrClNO. The van der Waals surface area contributed by atoms with E-state index in [-0.39, 0.29) is 6.04 Å². The van der Waals surface area contributed by atoms with E-state index in [2.05, 4.69) is 53.3 Å². The molecule has 0 aliphatic rings. The van der Waals surface area contributed by atoms with Crippen molar-refractivity contribution in [3.63, 3.8) is 0 Å². The quantitative estimate of drug-likeness (QED) is 0.692. The van der Waals surface area contributed by atoms with Crippen molar-refractivity contribution < 1.29 is 4.42 Å². The lowest BCUT2D eigenvalue weighted by atomic mass is 10.0. The predicted octanol–water partition coefficient (Wildman–Crippen LogP) is 5.54. The highest BCUT2D eigenvalue weighted by Gasteiger charge is 2.17. The number of aryl methyl sites for hydroxylation is 1. The zero-order chi connectivity index (χ0) is 15.2. The van der Waals surface area contributed by atoms with Gasteiger partial charge in [-0.25, -0.2) is 0 Å². The Balaban J connectivity index is 2.19. The van der Waals surface area contributed by atoms with Gasteiger partial charge in [0.15, 0.2) is 0 Å². The number of furan rings is 1. The second-order valence-corrected chi connectivity index (χ2v) is 6.43. The molecule has 0 spiro atoms. The Bertz CT molecular complexity index is 582. The number of rotatable bonds is 7. The highest BCUT2D eigenvalue weighted by atomic mass is 79.9. The van der Waals surface area contributed by atoms with E-state index >= 15 is 0 Å². The van der Waals surface area contributed by atoms with Crippen molar-refractivity contribution in [2.24, 2.45) is 0 Å². The van der Waals surface area contributed by atoms with E-state index in [1.807, 2.05) is 12.1 Å². The van der Waals surface area contributed by atoms with Crippen LogP contribution >= 0.6 is 27.5 Å². The number of hydrogen-bond donors (Lipinski definition) is 1. The third-order valence-corrected chi connectivity index (χ3v) is 4.30. The lowest BCUT2D eigenvalue weighted by Crippen LogP contribution is -2.23. The number of nitrogens with one attached hydrogen (secondary N) is 1. The minimum atomic E-state index is 0.156. The Kier molecular flexibility index (Phi) is 6.34. The molecule has 1 aromatic carbocycles. The Morgan fingerprint density at radius 1 is 1.24 bits per heavy atom. The monoisotopic (exact) mass is 369 g/mol. The largest absolute Gasteiger partial charge is 0.464 e. The van der Waals surface area contributed by atoms with Gasteiger partial charge in [-0.2, -0.15) is 0 Å². The first-order valence-corrected chi connectivity index (χ1v) is 8.57. The second-order valence-electron chi connectivity index (χ2n) is 5.10. The Hall–Kier alpha value is -0.770. The lowest BCUT2D eigenvalue weighted by Gasteiger charge is -2.17. The van der Waals surface area contributed by atoms with Gasteiger partial charge in [0.25, 0.3) is 0 Å². The average molecular weight is 371 g/mol. The van der Waals surface area contributed by atoms with Gasteiger partial charge in [-0.3, -0.25) is 0 Å². The first kappa shape index (κ1) is 16.6. The summed E-state index contributed by atoms with van der Waals surface area (Å²) in [6.07, 6.45) is 2.83. The van der Waals surface area contributed by atoms with Gasteiger partial charge in [0.05, 0.1) is 6.04 Å². The summed E-state index contributed by atoms with van der Waals surface area (Å²) in [4.78, 5) is 0. The molecule has 2 nitrogen and oxygen atoms in total. The normalized spacial score (nSPS) is 12.6. The standard InChI is InChI=1S/C17H21BrClNO/c1-3-9-20-16(17-8-7-14(4-2)21-17)10-12-5-6-13(18)11-15(12)19/h5-8,11,16,20H,3-4,9-10H2,1-2H3. The number of halogens is 2. The van der Waals surface area contributed by atoms with Gasteiger partial charge in [-0.1, -0.05) is 47.4 Å². The molecule has 1 atom stereocenters. The average Bonchev–Trinajstić information content (AvgIpc) is 2.94. The fourth-order valence-corrected chi connectivity index (χ4v) is 3.02. The van der Waals surface area contributed by atoms with Crippen molar-refractivity contribution in [2.75, 3.05) is 6.54 Å². The Labute approximate surface area is 140 Å². The van der Waals surface area contributed by atoms with Crippen LogP contribution in [0.3, 0.4) is 0 Å². The SMILES string of the molecule is CCCNC(Cc1ccc(Br)cc1Cl)c1ccc(CC)o1. The van der Waals surface area contributed by atoms with Gasteiger partial charge in [0.1, 0.15) is 11.5 Å². The Morgan fingerprint density at radius 2 is 2.05 bits per heavy atom. The molecule has 0 saturated carbocycles. The predicted molar refractivity (Wildman–Crippen MR) is 92.0 cm³/mol. The van der Waals surface area contributed by atoms with Gasteiger partial charge >= 0.3 is 0 Å². The zero-order valence-electron chi connectivity index (χ0n) is 12.5. The smallest absolute Gasteiger partial charge is 0.121 e. The van der Waals surface area contributed by atoms with Crippen LogP contribution in [0.5, 0.6) is 0 Å². The second kappa shape index (κ2) is 8.02. The van der Waals surface area contributed by atoms with Gasteiger partial charge in [0.2, 0.25) is 0 Å². The van der Waals surface area contributed by atoms with Crippen molar-refractivity contribution in [2.45, 2.75) is 39.2 Å². The highest BCUT2D eigenvalue weighted by molar-refractivity contribution is 9.10. The molecule has 0 amide bonds. The van der Waals surface area contributed by atoms with Crippen molar-refractivity contribution in [1.82, 2.24) is 5.32 Å². The fourth-order valence-electron chi connectivity index (χ4n) is 2.27. The Morgan fingerprint density at radius 3 is 2.67 bits per heavy atom. The first-order valence-electron chi connectivity index (χ1n) is 7.40. The minimum Gasteiger partial charge on any atom is -0.464 e. The molecule has 114 valence electrons. The summed E-state index contributed by atoms with van der Waals surface area (Å²) in [7, 11) is 0. The maximum atomic E-state index is 6.34. The molecule has 4 heteroatoms. The minimum absolute atomic E-state index is 0.156. The zero-order valence-corrected chi connectivity index (χ0v) is 14.8. The molecular weight excluding hydrogens is 350 g/mol. The van der Waals surface area contributed by atoms with Crippen LogP contribution in [-0.2, 0) is 12.8 Å². The van der Waals surface area contributed by atoms with Crippen LogP contribution in [0, 0.1) is 0 Å². The molecule has 0 saturated heterocycles. The summed E-state index contributed by atoms with van der Waals surface area (Å²) in [5.74, 6) is 2.01. The highest BCUT2D eigenvalue weighted by Crippen LogP contribution is 2.27. The molecule has 0 radical (unpaired) electrons. The van der Waals surface area contributed by atoms with Crippen LogP contribution in [0.25, 0.3) is 0 Å². The molecule has 0 bridgehead atoms. The summed E-state index contributed by atoms with van der Waals surface area (Å²) in [5.41, 5.74) is 1.13. The number of benzene rings is 1. The third-order valence-electron chi connectivity index (χ3n) is 3.45. The summed E-state index contributed by atoms with van der Waals surface area (Å²) >= 11 is 9.78. The molecule has 0 fully saturated rings. The molecule has 1 heterocycles. The van der Waals surface area contributed by atoms with E-state index in [0.717, 1.165) is 52.4 Å². The van der Waals surface area contributed by atoms with Gasteiger partial charge in [-0.15, -0.1) is 0 Å². The van der Waals surface area contributed by atoms with E-state index in [4.69, 9.17) is 16.0 Å². The summed E-state index contributed by atoms with van der Waals surface area (Å²) < 4.78 is 6.91. The van der Waals surface area contributed by atoms with Crippen molar-refractivity contribution in [1.29, 1.82) is 0 Å². The molecule has 21 heavy (non-hydrogen) atoms. The maximum absolute atomic E-state index is 6.34. The van der Waals surface area contributed by atoms with Crippen molar-refractivity contribution in [3.05, 3.63) is 56.9 Å². The first-order chi connectivity index (χ1) is 10.1. The van der Waals surface area contributed by atoms with E-state index in [9.17, 15) is 0 Å². The van der Waals surface area contributed by atoms with Crippen molar-refractivity contribution >= 4 is 27.5 Å². The van der Waals surface area contributed by atoms with E-state index in [1.54, 1.807) is 0 Å². The van der Waals surface area contributed by atoms with Crippen LogP contribution in [0.15, 0.2) is 39.2 Å². The molecule has 0 aliphatic carbocycles. The summed E-state index contributed by atoms with van der Waals surface area (Å²) in [6, 6.07) is 10.3. The molecule has 2 aromatic rings. The van der Waals surface area contributed by atoms with E-state index in [1.165, 1.54) is 0 Å². The van der Waals surface area contributed by atoms with Crippen LogP contribution in [0.2, 0.25) is 5.02 Å². The topological polar surface area (TPSA) is 25.2 Å². The molecule has 0 aliphatic heterocycles. The van der Waals surface area contributed by atoms with E-state index < -0.39 is 0 Å². The maximum Gasteiger partial charge on any atom is 0.121 e. The van der Waals surface area contributed by atoms with Crippen molar-refractivity contribution in [3.8, 4) is 0 Å². The molecule has 1 aromatic heterocycles. The number of hydrogen-bond acceptors (Lipinski definition) is 2. The van der Waals surface area contributed by atoms with E-state index in [0.29, 0.717) is 0 Å². The van der Waals surface area contributed by atoms with Crippen LogP contribution in [0.1, 0.15) is 43.4 Å². The lowest BCUT2D eigenvalue weighted by molar-refractivity contribution is 0.392. The molecule has 1 unspecified atom stereocenters. The summed E-state index contributed by atoms with van der Waals surface area (Å²) in [6.45, 7) is 5.22. The van der Waals surface area contributed by atoms with Gasteiger partial charge in [0, 0.05) is 15.9 Å². The molecule has 1 N–H and O–H groups in total. The van der Waals surface area contributed by atoms with Gasteiger partial charge in [-0.05, 0) is 49.2 Å². The summed E-state index contributed by atoms with van der Waals surface area (Å²) in [5, 5.41) is 4.34. The third kappa shape index (κ3) is 4.60. The van der Waals surface area contributed by atoms with Crippen LogP contribution in [0.4, 0.5) is 0 Å². The van der Waals surface area contributed by atoms with Crippen LogP contribution < -0.4 is 5.32 Å². The molecule has 2 rings (SSSR count). The van der Waals surface area contributed by atoms with Gasteiger partial charge < -0.3 is 9.73 Å². The fraction of sp³-hybridized carbons (Fsp3) is 0.412. The van der Waals surface area contributed by atoms with Crippen LogP contribution in [-0.4, -0.2) is 6.54 Å².